The Labute approximate surface area is 167 Å². The Kier molecular flexibility index (Phi) is 5.91. The maximum atomic E-state index is 12.5. The largest absolute Gasteiger partial charge is 0.495 e. The highest BCUT2D eigenvalue weighted by Crippen LogP contribution is 2.28. The molecule has 0 fully saturated rings. The highest BCUT2D eigenvalue weighted by atomic mass is 35.5. The van der Waals surface area contributed by atoms with Crippen molar-refractivity contribution in [3.05, 3.63) is 76.9 Å². The first-order valence-electron chi connectivity index (χ1n) is 8.45. The van der Waals surface area contributed by atoms with Gasteiger partial charge in [0.05, 0.1) is 12.1 Å². The summed E-state index contributed by atoms with van der Waals surface area (Å²) in [5, 5.41) is 6.37. The van der Waals surface area contributed by atoms with E-state index in [0.29, 0.717) is 33.4 Å². The molecule has 3 aromatic rings. The van der Waals surface area contributed by atoms with E-state index in [1.807, 2.05) is 0 Å². The summed E-state index contributed by atoms with van der Waals surface area (Å²) in [7, 11) is 1.55. The monoisotopic (exact) mass is 395 g/mol. The standard InChI is InChI=1S/C21H18ClN3O3/c1-13(26)14-3-5-16(6-4-14)25-21(27)15-9-10-23-20(11-15)24-17-7-8-19(28-2)18(22)12-17/h3-12H,1-2H3,(H,23,24)(H,25,27). The van der Waals surface area contributed by atoms with Crippen LogP contribution in [0.1, 0.15) is 27.6 Å². The fraction of sp³-hybridized carbons (Fsp3) is 0.0952. The number of ketones is 1. The summed E-state index contributed by atoms with van der Waals surface area (Å²) in [6.07, 6.45) is 1.54. The van der Waals surface area contributed by atoms with E-state index >= 15 is 0 Å². The molecular formula is C21H18ClN3O3. The second-order valence-corrected chi connectivity index (χ2v) is 6.40. The minimum absolute atomic E-state index is 0.0265. The summed E-state index contributed by atoms with van der Waals surface area (Å²) in [4.78, 5) is 28.1. The normalized spacial score (nSPS) is 10.2. The van der Waals surface area contributed by atoms with Crippen molar-refractivity contribution in [3.63, 3.8) is 0 Å². The third-order valence-electron chi connectivity index (χ3n) is 4.00. The number of nitrogens with zero attached hydrogens (tertiary/aromatic N) is 1. The van der Waals surface area contributed by atoms with Crippen molar-refractivity contribution >= 4 is 40.5 Å². The summed E-state index contributed by atoms with van der Waals surface area (Å²) in [5.41, 5.74) is 2.35. The smallest absolute Gasteiger partial charge is 0.255 e. The Morgan fingerprint density at radius 3 is 2.32 bits per heavy atom. The van der Waals surface area contributed by atoms with Gasteiger partial charge in [0.25, 0.3) is 5.91 Å². The van der Waals surface area contributed by atoms with Crippen LogP contribution in [0, 0.1) is 0 Å². The summed E-state index contributed by atoms with van der Waals surface area (Å²) in [6.45, 7) is 1.50. The molecular weight excluding hydrogens is 378 g/mol. The number of nitrogens with one attached hydrogen (secondary N) is 2. The minimum Gasteiger partial charge on any atom is -0.495 e. The molecule has 0 aliphatic heterocycles. The van der Waals surface area contributed by atoms with Crippen LogP contribution in [0.5, 0.6) is 5.75 Å². The lowest BCUT2D eigenvalue weighted by molar-refractivity contribution is 0.101. The van der Waals surface area contributed by atoms with Gasteiger partial charge in [-0.15, -0.1) is 0 Å². The molecule has 2 N–H and O–H groups in total. The molecule has 0 aliphatic carbocycles. The van der Waals surface area contributed by atoms with E-state index < -0.39 is 0 Å². The predicted molar refractivity (Wildman–Crippen MR) is 110 cm³/mol. The fourth-order valence-electron chi connectivity index (χ4n) is 2.52. The highest BCUT2D eigenvalue weighted by Gasteiger charge is 2.09. The van der Waals surface area contributed by atoms with Gasteiger partial charge in [0.1, 0.15) is 11.6 Å². The quantitative estimate of drug-likeness (QED) is 0.577. The Balaban J connectivity index is 1.72. The number of Topliss-reactive ketones (excluding diaryl/α,β-unsaturated/α-hetero) is 1. The van der Waals surface area contributed by atoms with Crippen molar-refractivity contribution < 1.29 is 14.3 Å². The number of methoxy groups -OCH3 is 1. The van der Waals surface area contributed by atoms with E-state index in [4.69, 9.17) is 16.3 Å². The minimum atomic E-state index is -0.284. The lowest BCUT2D eigenvalue weighted by Gasteiger charge is -2.10. The third kappa shape index (κ3) is 4.66. The molecule has 0 unspecified atom stereocenters. The van der Waals surface area contributed by atoms with Crippen LogP contribution in [-0.4, -0.2) is 23.8 Å². The summed E-state index contributed by atoms with van der Waals surface area (Å²) in [6, 6.07) is 15.2. The van der Waals surface area contributed by atoms with Crippen molar-refractivity contribution in [2.24, 2.45) is 0 Å². The Morgan fingerprint density at radius 1 is 0.964 bits per heavy atom. The van der Waals surface area contributed by atoms with Crippen LogP contribution in [0.2, 0.25) is 5.02 Å². The number of aromatic nitrogens is 1. The fourth-order valence-corrected chi connectivity index (χ4v) is 2.78. The second-order valence-electron chi connectivity index (χ2n) is 5.99. The van der Waals surface area contributed by atoms with Crippen LogP contribution in [0.3, 0.4) is 0 Å². The number of rotatable bonds is 6. The Hall–Kier alpha value is -3.38. The Bertz CT molecular complexity index is 1020. The molecule has 1 aromatic heterocycles. The molecule has 0 atom stereocenters. The number of carbonyl (C=O) groups excluding carboxylic acids is 2. The van der Waals surface area contributed by atoms with Crippen molar-refractivity contribution in [2.75, 3.05) is 17.7 Å². The molecule has 6 nitrogen and oxygen atoms in total. The van der Waals surface area contributed by atoms with Crippen molar-refractivity contribution in [2.45, 2.75) is 6.92 Å². The molecule has 3 rings (SSSR count). The molecule has 0 bridgehead atoms. The van der Waals surface area contributed by atoms with E-state index in [-0.39, 0.29) is 11.7 Å². The number of carbonyl (C=O) groups is 2. The van der Waals surface area contributed by atoms with E-state index in [2.05, 4.69) is 15.6 Å². The highest BCUT2D eigenvalue weighted by molar-refractivity contribution is 6.32. The molecule has 0 radical (unpaired) electrons. The van der Waals surface area contributed by atoms with Gasteiger partial charge in [0, 0.05) is 28.7 Å². The molecule has 142 valence electrons. The van der Waals surface area contributed by atoms with Crippen LogP contribution in [0.15, 0.2) is 60.8 Å². The van der Waals surface area contributed by atoms with Gasteiger partial charge in [0.2, 0.25) is 0 Å². The van der Waals surface area contributed by atoms with Crippen LogP contribution in [0.4, 0.5) is 17.2 Å². The number of pyridine rings is 1. The van der Waals surface area contributed by atoms with Gasteiger partial charge in [-0.3, -0.25) is 9.59 Å². The molecule has 2 aromatic carbocycles. The maximum Gasteiger partial charge on any atom is 0.255 e. The summed E-state index contributed by atoms with van der Waals surface area (Å²) in [5.74, 6) is 0.764. The molecule has 0 saturated heterocycles. The number of hydrogen-bond donors (Lipinski definition) is 2. The second kappa shape index (κ2) is 8.54. The average Bonchev–Trinajstić information content (AvgIpc) is 2.69. The first kappa shape index (κ1) is 19.4. The van der Waals surface area contributed by atoms with Crippen LogP contribution in [-0.2, 0) is 0 Å². The first-order chi connectivity index (χ1) is 13.5. The van der Waals surface area contributed by atoms with Crippen molar-refractivity contribution in [1.82, 2.24) is 4.98 Å². The maximum absolute atomic E-state index is 12.5. The van der Waals surface area contributed by atoms with Crippen molar-refractivity contribution in [3.8, 4) is 5.75 Å². The topological polar surface area (TPSA) is 80.3 Å². The SMILES string of the molecule is COc1ccc(Nc2cc(C(=O)Nc3ccc(C(C)=O)cc3)ccn2)cc1Cl. The Morgan fingerprint density at radius 2 is 1.68 bits per heavy atom. The number of anilines is 3. The molecule has 1 amide bonds. The van der Waals surface area contributed by atoms with Gasteiger partial charge >= 0.3 is 0 Å². The molecule has 0 aliphatic rings. The number of ether oxygens (including phenoxy) is 1. The number of hydrogen-bond acceptors (Lipinski definition) is 5. The predicted octanol–water partition coefficient (Wildman–Crippen LogP) is 4.94. The van der Waals surface area contributed by atoms with Crippen LogP contribution >= 0.6 is 11.6 Å². The molecule has 28 heavy (non-hydrogen) atoms. The molecule has 0 spiro atoms. The number of amides is 1. The van der Waals surface area contributed by atoms with Gasteiger partial charge in [-0.05, 0) is 61.5 Å². The van der Waals surface area contributed by atoms with E-state index in [9.17, 15) is 9.59 Å². The van der Waals surface area contributed by atoms with Gasteiger partial charge in [0.15, 0.2) is 5.78 Å². The van der Waals surface area contributed by atoms with Gasteiger partial charge in [-0.2, -0.15) is 0 Å². The number of benzene rings is 2. The van der Waals surface area contributed by atoms with Gasteiger partial charge in [-0.25, -0.2) is 4.98 Å². The number of halogens is 1. The van der Waals surface area contributed by atoms with Crippen molar-refractivity contribution in [1.29, 1.82) is 0 Å². The van der Waals surface area contributed by atoms with Crippen LogP contribution < -0.4 is 15.4 Å². The lowest BCUT2D eigenvalue weighted by Crippen LogP contribution is -2.12. The summed E-state index contributed by atoms with van der Waals surface area (Å²) >= 11 is 6.13. The lowest BCUT2D eigenvalue weighted by atomic mass is 10.1. The molecule has 7 heteroatoms. The summed E-state index contributed by atoms with van der Waals surface area (Å²) < 4.78 is 5.13. The van der Waals surface area contributed by atoms with Gasteiger partial charge < -0.3 is 15.4 Å². The van der Waals surface area contributed by atoms with Gasteiger partial charge in [-0.1, -0.05) is 11.6 Å². The zero-order chi connectivity index (χ0) is 20.1. The zero-order valence-electron chi connectivity index (χ0n) is 15.3. The van der Waals surface area contributed by atoms with E-state index in [1.165, 1.54) is 6.92 Å². The van der Waals surface area contributed by atoms with Crippen LogP contribution in [0.25, 0.3) is 0 Å². The molecule has 0 saturated carbocycles. The van der Waals surface area contributed by atoms with E-state index in [0.717, 1.165) is 5.69 Å². The zero-order valence-corrected chi connectivity index (χ0v) is 16.1. The molecule has 1 heterocycles. The first-order valence-corrected chi connectivity index (χ1v) is 8.83. The average molecular weight is 396 g/mol. The third-order valence-corrected chi connectivity index (χ3v) is 4.29. The van der Waals surface area contributed by atoms with E-state index in [1.54, 1.807) is 67.9 Å².